The molecule has 5 heterocycles. The van der Waals surface area contributed by atoms with Gasteiger partial charge < -0.3 is 23.9 Å². The van der Waals surface area contributed by atoms with Crippen molar-refractivity contribution < 1.29 is 22.6 Å². The average Bonchev–Trinajstić information content (AvgIpc) is 3.54. The number of pyridine rings is 3. The van der Waals surface area contributed by atoms with Gasteiger partial charge in [-0.05, 0) is 23.8 Å². The van der Waals surface area contributed by atoms with E-state index in [9.17, 15) is 18.0 Å². The lowest BCUT2D eigenvalue weighted by Crippen LogP contribution is -2.26. The maximum atomic E-state index is 13.8. The molecule has 5 aromatic heterocycles. The molecule has 43 heavy (non-hydrogen) atoms. The van der Waals surface area contributed by atoms with Gasteiger partial charge in [-0.15, -0.1) is 0 Å². The van der Waals surface area contributed by atoms with E-state index in [1.807, 2.05) is 48.5 Å². The van der Waals surface area contributed by atoms with Gasteiger partial charge in [0.2, 0.25) is 5.95 Å². The van der Waals surface area contributed by atoms with E-state index in [0.29, 0.717) is 16.8 Å². The molecule has 14 heteroatoms. The van der Waals surface area contributed by atoms with Gasteiger partial charge in [0, 0.05) is 26.0 Å². The van der Waals surface area contributed by atoms with E-state index in [2.05, 4.69) is 20.4 Å². The van der Waals surface area contributed by atoms with Gasteiger partial charge in [0.1, 0.15) is 21.7 Å². The van der Waals surface area contributed by atoms with Gasteiger partial charge in [-0.1, -0.05) is 48.0 Å². The zero-order chi connectivity index (χ0) is 30.1. The van der Waals surface area contributed by atoms with Crippen LogP contribution >= 0.6 is 11.6 Å². The molecule has 0 saturated heterocycles. The van der Waals surface area contributed by atoms with Crippen molar-refractivity contribution in [2.24, 2.45) is 7.05 Å². The number of hydrogen-bond donors (Lipinski definition) is 1. The van der Waals surface area contributed by atoms with Crippen LogP contribution in [-0.4, -0.2) is 35.3 Å². The highest BCUT2D eigenvalue weighted by molar-refractivity contribution is 6.36. The lowest BCUT2D eigenvalue weighted by molar-refractivity contribution is -0.138. The maximum absolute atomic E-state index is 13.8. The molecule has 0 saturated carbocycles. The summed E-state index contributed by atoms with van der Waals surface area (Å²) in [6.07, 6.45) is 0.775. The summed E-state index contributed by atoms with van der Waals surface area (Å²) in [6.45, 7) is 0.192. The summed E-state index contributed by atoms with van der Waals surface area (Å²) in [4.78, 5) is 21.9. The highest BCUT2D eigenvalue weighted by atomic mass is 35.5. The van der Waals surface area contributed by atoms with E-state index >= 15 is 0 Å². The average molecular weight is 610 g/mol. The number of hydrogen-bond acceptors (Lipinski definition) is 7. The minimum atomic E-state index is -4.70. The van der Waals surface area contributed by atoms with E-state index in [1.54, 1.807) is 17.8 Å². The van der Waals surface area contributed by atoms with Crippen molar-refractivity contribution in [2.45, 2.75) is 19.3 Å². The number of nitrogens with one attached hydrogen (secondary N) is 1. The number of halogens is 4. The molecule has 0 spiro atoms. The summed E-state index contributed by atoms with van der Waals surface area (Å²) in [5.41, 5.74) is 0.148. The Morgan fingerprint density at radius 2 is 1.84 bits per heavy atom. The number of benzene rings is 1. The normalized spacial score (nSPS) is 11.8. The number of fused-ring (bicyclic) bond motifs is 2. The van der Waals surface area contributed by atoms with E-state index in [1.165, 1.54) is 17.0 Å². The lowest BCUT2D eigenvalue weighted by atomic mass is 10.2. The fourth-order valence-corrected chi connectivity index (χ4v) is 4.80. The molecule has 6 aromatic rings. The third-order valence-corrected chi connectivity index (χ3v) is 7.03. The minimum Gasteiger partial charge on any atom is -0.450 e. The van der Waals surface area contributed by atoms with Crippen molar-refractivity contribution in [1.82, 2.24) is 28.7 Å². The first kappa shape index (κ1) is 28.2. The lowest BCUT2D eigenvalue weighted by Gasteiger charge is -2.15. The molecule has 1 aromatic carbocycles. The minimum absolute atomic E-state index is 0.0246. The quantitative estimate of drug-likeness (QED) is 0.195. The zero-order valence-electron chi connectivity index (χ0n) is 22.5. The smallest absolute Gasteiger partial charge is 0.417 e. The summed E-state index contributed by atoms with van der Waals surface area (Å²) in [7, 11) is 1.59. The van der Waals surface area contributed by atoms with E-state index < -0.39 is 17.3 Å². The molecular formula is C29H23ClF3N7O3. The molecule has 1 N–H and O–H groups in total. The number of nitrogens with zero attached hydrogens (tertiary/aromatic N) is 6. The van der Waals surface area contributed by atoms with Crippen molar-refractivity contribution in [3.63, 3.8) is 0 Å². The Morgan fingerprint density at radius 1 is 1.05 bits per heavy atom. The zero-order valence-corrected chi connectivity index (χ0v) is 23.3. The van der Waals surface area contributed by atoms with E-state index in [0.717, 1.165) is 22.4 Å². The second-order valence-corrected chi connectivity index (χ2v) is 9.92. The molecule has 0 unspecified atom stereocenters. The highest BCUT2D eigenvalue weighted by Crippen LogP contribution is 2.37. The monoisotopic (exact) mass is 609 g/mol. The van der Waals surface area contributed by atoms with Crippen LogP contribution in [-0.2, 0) is 31.1 Å². The second-order valence-electron chi connectivity index (χ2n) is 9.55. The molecule has 6 rings (SSSR count). The highest BCUT2D eigenvalue weighted by Gasteiger charge is 2.32. The van der Waals surface area contributed by atoms with Crippen LogP contribution in [0.3, 0.4) is 0 Å². The van der Waals surface area contributed by atoms with Crippen molar-refractivity contribution >= 4 is 39.9 Å². The van der Waals surface area contributed by atoms with E-state index in [-0.39, 0.29) is 47.8 Å². The van der Waals surface area contributed by atoms with Gasteiger partial charge in [0.05, 0.1) is 31.2 Å². The van der Waals surface area contributed by atoms with Gasteiger partial charge in [-0.25, -0.2) is 9.50 Å². The predicted octanol–water partition coefficient (Wildman–Crippen LogP) is 6.20. The van der Waals surface area contributed by atoms with Crippen molar-refractivity contribution in [3.05, 3.63) is 106 Å². The Hall–Kier alpha value is -4.88. The van der Waals surface area contributed by atoms with Crippen molar-refractivity contribution in [2.75, 3.05) is 11.9 Å². The molecule has 0 amide bonds. The molecule has 0 aliphatic heterocycles. The summed E-state index contributed by atoms with van der Waals surface area (Å²) < 4.78 is 57.0. The van der Waals surface area contributed by atoms with Gasteiger partial charge in [-0.3, -0.25) is 4.79 Å². The number of aryl methyl sites for hydroxylation is 1. The van der Waals surface area contributed by atoms with Crippen LogP contribution in [0.4, 0.5) is 24.8 Å². The van der Waals surface area contributed by atoms with Gasteiger partial charge in [0.15, 0.2) is 17.1 Å². The van der Waals surface area contributed by atoms with Crippen LogP contribution in [0.15, 0.2) is 84.2 Å². The Labute approximate surface area is 246 Å². The molecule has 0 radical (unpaired) electrons. The topological polar surface area (TPSA) is 100 Å². The number of rotatable bonds is 9. The first-order valence-electron chi connectivity index (χ1n) is 13.0. The maximum Gasteiger partial charge on any atom is 0.417 e. The third kappa shape index (κ3) is 5.76. The Kier molecular flexibility index (Phi) is 7.50. The first-order valence-corrected chi connectivity index (χ1v) is 13.4. The van der Waals surface area contributed by atoms with Crippen LogP contribution in [0.2, 0.25) is 5.02 Å². The van der Waals surface area contributed by atoms with Crippen LogP contribution in [0.1, 0.15) is 11.1 Å². The standard InChI is InChI=1S/C29H23ClF3N7O3/c1-38-25-24(30)23(43-22-15-35-40-10-6-5-9-21(22)40)14-34-26(25)37-28(38)36-20-13-19(29(31,32)33)16-39(27(20)41)11-12-42-17-18-7-3-2-4-8-18/h2-10,13-16H,11-12,17H2,1H3,(H,34,36,37). The molecule has 220 valence electrons. The molecule has 0 aliphatic rings. The third-order valence-electron chi connectivity index (χ3n) is 6.66. The molecular weight excluding hydrogens is 587 g/mol. The van der Waals surface area contributed by atoms with Gasteiger partial charge in [0.25, 0.3) is 5.56 Å². The molecule has 0 bridgehead atoms. The van der Waals surface area contributed by atoms with E-state index in [4.69, 9.17) is 21.1 Å². The largest absolute Gasteiger partial charge is 0.450 e. The summed E-state index contributed by atoms with van der Waals surface area (Å²) in [5.74, 6) is 0.724. The van der Waals surface area contributed by atoms with Crippen LogP contribution in [0, 0.1) is 0 Å². The molecule has 0 atom stereocenters. The first-order chi connectivity index (χ1) is 20.7. The van der Waals surface area contributed by atoms with Gasteiger partial charge >= 0.3 is 6.18 Å². The molecule has 0 aliphatic carbocycles. The fraction of sp³-hybridized carbons (Fsp3) is 0.172. The van der Waals surface area contributed by atoms with Crippen LogP contribution in [0.5, 0.6) is 11.5 Å². The predicted molar refractivity (Wildman–Crippen MR) is 154 cm³/mol. The number of alkyl halides is 3. The van der Waals surface area contributed by atoms with Crippen LogP contribution in [0.25, 0.3) is 16.7 Å². The number of imidazole rings is 1. The molecule has 10 nitrogen and oxygen atoms in total. The second kappa shape index (κ2) is 11.4. The number of anilines is 2. The fourth-order valence-electron chi connectivity index (χ4n) is 4.50. The van der Waals surface area contributed by atoms with Crippen LogP contribution < -0.4 is 15.6 Å². The Bertz CT molecular complexity index is 1990. The van der Waals surface area contributed by atoms with Crippen molar-refractivity contribution in [3.8, 4) is 11.5 Å². The van der Waals surface area contributed by atoms with Gasteiger partial charge in [-0.2, -0.15) is 23.3 Å². The summed E-state index contributed by atoms with van der Waals surface area (Å²) in [5, 5.41) is 7.14. The summed E-state index contributed by atoms with van der Waals surface area (Å²) >= 11 is 6.68. The SMILES string of the molecule is Cn1c(Nc2cc(C(F)(F)F)cn(CCOCc3ccccc3)c2=O)nc2ncc(Oc3cnn4ccccc34)c(Cl)c21. The summed E-state index contributed by atoms with van der Waals surface area (Å²) in [6, 6.07) is 15.5. The molecule has 0 fully saturated rings. The number of aromatic nitrogens is 6. The van der Waals surface area contributed by atoms with Crippen molar-refractivity contribution in [1.29, 1.82) is 0 Å². The Morgan fingerprint density at radius 3 is 2.63 bits per heavy atom. The Balaban J connectivity index is 1.28. The number of ether oxygens (including phenoxy) is 2.